The van der Waals surface area contributed by atoms with Gasteiger partial charge in [0.1, 0.15) is 29.3 Å². The van der Waals surface area contributed by atoms with E-state index in [-0.39, 0.29) is 35.8 Å². The van der Waals surface area contributed by atoms with Gasteiger partial charge in [-0.05, 0) is 25.5 Å². The van der Waals surface area contributed by atoms with Crippen molar-refractivity contribution in [2.45, 2.75) is 38.3 Å². The summed E-state index contributed by atoms with van der Waals surface area (Å²) in [4.78, 5) is 10.8. The fraction of sp³-hybridized carbons (Fsp3) is 0.429. The number of amidine groups is 1. The summed E-state index contributed by atoms with van der Waals surface area (Å²) in [5, 5.41) is 3.85. The largest absolute Gasteiger partial charge is 0.384 e. The van der Waals surface area contributed by atoms with Crippen molar-refractivity contribution in [3.63, 3.8) is 0 Å². The Labute approximate surface area is 192 Å². The van der Waals surface area contributed by atoms with Crippen molar-refractivity contribution in [1.29, 1.82) is 0 Å². The first kappa shape index (κ1) is 24.3. The smallest absolute Gasteiger partial charge is 0.282 e. The fourth-order valence-corrected chi connectivity index (χ4v) is 4.78. The molecule has 184 valence electrons. The highest BCUT2D eigenvalue weighted by Crippen LogP contribution is 2.38. The molecule has 0 unspecified atom stereocenters. The van der Waals surface area contributed by atoms with Crippen LogP contribution in [0.25, 0.3) is 11.1 Å². The van der Waals surface area contributed by atoms with Gasteiger partial charge in [-0.3, -0.25) is 4.98 Å². The predicted molar refractivity (Wildman–Crippen MR) is 113 cm³/mol. The van der Waals surface area contributed by atoms with Crippen LogP contribution in [0.3, 0.4) is 0 Å². The molecule has 1 aromatic heterocycles. The van der Waals surface area contributed by atoms with E-state index in [0.29, 0.717) is 17.7 Å². The normalized spacial score (nSPS) is 22.1. The van der Waals surface area contributed by atoms with Crippen LogP contribution in [0.2, 0.25) is 0 Å². The number of benzene rings is 1. The first-order chi connectivity index (χ1) is 15.9. The van der Waals surface area contributed by atoms with Gasteiger partial charge in [-0.2, -0.15) is 0 Å². The lowest BCUT2D eigenvalue weighted by Gasteiger charge is -2.18. The molecule has 1 N–H and O–H groups in total. The van der Waals surface area contributed by atoms with Gasteiger partial charge in [0.2, 0.25) is 10.0 Å². The van der Waals surface area contributed by atoms with Gasteiger partial charge in [0, 0.05) is 30.4 Å². The summed E-state index contributed by atoms with van der Waals surface area (Å²) in [5.41, 5.74) is 0.206. The van der Waals surface area contributed by atoms with Crippen molar-refractivity contribution in [2.24, 2.45) is 5.16 Å². The number of hydrogen-bond acceptors (Lipinski definition) is 6. The molecule has 0 spiro atoms. The SMILES string of the molecule is CCS(=O)(=O)N[C@@H]1CN(C2=NO[C@H](c3ncc(C)cc3-c3c(F)cc(F)cc3F)C2)CC1(F)F. The second-order valence-electron chi connectivity index (χ2n) is 8.21. The Hall–Kier alpha value is -2.80. The summed E-state index contributed by atoms with van der Waals surface area (Å²) in [5.74, 6) is -6.91. The third-order valence-corrected chi connectivity index (χ3v) is 7.07. The van der Waals surface area contributed by atoms with Crippen LogP contribution in [0, 0.1) is 24.4 Å². The maximum absolute atomic E-state index is 14.5. The molecule has 0 amide bonds. The maximum atomic E-state index is 14.5. The highest BCUT2D eigenvalue weighted by Gasteiger charge is 2.51. The van der Waals surface area contributed by atoms with Crippen LogP contribution in [0.5, 0.6) is 0 Å². The van der Waals surface area contributed by atoms with Crippen LogP contribution >= 0.6 is 0 Å². The van der Waals surface area contributed by atoms with Gasteiger partial charge in [-0.1, -0.05) is 5.16 Å². The molecule has 1 fully saturated rings. The number of alkyl halides is 2. The van der Waals surface area contributed by atoms with Crippen LogP contribution in [0.15, 0.2) is 29.6 Å². The van der Waals surface area contributed by atoms with Gasteiger partial charge in [0.15, 0.2) is 6.10 Å². The molecule has 2 atom stereocenters. The number of aryl methyl sites for hydroxylation is 1. The molecular weight excluding hydrogens is 483 g/mol. The molecule has 34 heavy (non-hydrogen) atoms. The van der Waals surface area contributed by atoms with Gasteiger partial charge in [0.25, 0.3) is 5.92 Å². The van der Waals surface area contributed by atoms with Crippen molar-refractivity contribution < 1.29 is 35.2 Å². The summed E-state index contributed by atoms with van der Waals surface area (Å²) in [6.07, 6.45) is 0.449. The molecule has 7 nitrogen and oxygen atoms in total. The molecular formula is C21H21F5N4O3S. The molecule has 2 aromatic rings. The Kier molecular flexibility index (Phi) is 6.27. The number of pyridine rings is 1. The van der Waals surface area contributed by atoms with E-state index < -0.39 is 57.7 Å². The Bertz CT molecular complexity index is 1230. The number of nitrogens with zero attached hydrogens (tertiary/aromatic N) is 3. The molecule has 4 rings (SSSR count). The molecule has 1 saturated heterocycles. The summed E-state index contributed by atoms with van der Waals surface area (Å²) < 4.78 is 96.8. The number of halogens is 5. The monoisotopic (exact) mass is 504 g/mol. The standard InChI is InChI=1S/C21H21F5N4O3S/c1-3-34(31,32)29-17-9-30(10-21(17,25)26)18-7-16(33-28-18)20-13(4-11(2)8-27-20)19-14(23)5-12(22)6-15(19)24/h4-6,8,16-17,29H,3,7,9-10H2,1-2H3/t16-,17+/m0/s1. The highest BCUT2D eigenvalue weighted by atomic mass is 32.2. The van der Waals surface area contributed by atoms with Gasteiger partial charge in [0.05, 0.1) is 30.0 Å². The van der Waals surface area contributed by atoms with E-state index in [4.69, 9.17) is 4.84 Å². The van der Waals surface area contributed by atoms with E-state index in [1.54, 1.807) is 6.92 Å². The summed E-state index contributed by atoms with van der Waals surface area (Å²) in [6.45, 7) is 1.87. The molecule has 13 heteroatoms. The molecule has 0 aliphatic carbocycles. The topological polar surface area (TPSA) is 83.9 Å². The molecule has 0 saturated carbocycles. The van der Waals surface area contributed by atoms with Crippen molar-refractivity contribution in [1.82, 2.24) is 14.6 Å². The molecule has 2 aliphatic rings. The van der Waals surface area contributed by atoms with Crippen molar-refractivity contribution >= 4 is 15.9 Å². The average Bonchev–Trinajstić information content (AvgIpc) is 3.32. The quantitative estimate of drug-likeness (QED) is 0.631. The molecule has 1 aromatic carbocycles. The van der Waals surface area contributed by atoms with E-state index in [1.165, 1.54) is 24.1 Å². The van der Waals surface area contributed by atoms with Crippen molar-refractivity contribution in [3.05, 3.63) is 53.1 Å². The van der Waals surface area contributed by atoms with Gasteiger partial charge in [-0.25, -0.2) is 35.1 Å². The van der Waals surface area contributed by atoms with Crippen LogP contribution in [0.4, 0.5) is 22.0 Å². The van der Waals surface area contributed by atoms with Crippen LogP contribution < -0.4 is 4.72 Å². The Morgan fingerprint density at radius 3 is 2.53 bits per heavy atom. The minimum atomic E-state index is -3.86. The van der Waals surface area contributed by atoms with Gasteiger partial charge >= 0.3 is 0 Å². The number of oxime groups is 1. The first-order valence-electron chi connectivity index (χ1n) is 10.4. The van der Waals surface area contributed by atoms with E-state index in [2.05, 4.69) is 10.1 Å². The number of sulfonamides is 1. The summed E-state index contributed by atoms with van der Waals surface area (Å²) in [7, 11) is -3.86. The van der Waals surface area contributed by atoms with Gasteiger partial charge < -0.3 is 9.74 Å². The van der Waals surface area contributed by atoms with Crippen molar-refractivity contribution in [2.75, 3.05) is 18.8 Å². The van der Waals surface area contributed by atoms with Crippen LogP contribution in [-0.4, -0.2) is 54.9 Å². The highest BCUT2D eigenvalue weighted by molar-refractivity contribution is 7.89. The zero-order valence-corrected chi connectivity index (χ0v) is 19.0. The third kappa shape index (κ3) is 4.71. The number of rotatable bonds is 5. The number of aromatic nitrogens is 1. The van der Waals surface area contributed by atoms with Crippen molar-refractivity contribution in [3.8, 4) is 11.1 Å². The fourth-order valence-electron chi connectivity index (χ4n) is 3.94. The second-order valence-corrected chi connectivity index (χ2v) is 10.3. The first-order valence-corrected chi connectivity index (χ1v) is 12.0. The lowest BCUT2D eigenvalue weighted by Crippen LogP contribution is -2.47. The second kappa shape index (κ2) is 8.77. The zero-order chi connectivity index (χ0) is 24.8. The number of likely N-dealkylation sites (tertiary alicyclic amines) is 1. The van der Waals surface area contributed by atoms with E-state index >= 15 is 0 Å². The molecule has 3 heterocycles. The minimum Gasteiger partial charge on any atom is -0.384 e. The van der Waals surface area contributed by atoms with E-state index in [1.807, 2.05) is 4.72 Å². The Morgan fingerprint density at radius 1 is 1.21 bits per heavy atom. The Morgan fingerprint density at radius 2 is 1.88 bits per heavy atom. The number of nitrogens with one attached hydrogen (secondary N) is 1. The lowest BCUT2D eigenvalue weighted by atomic mass is 9.97. The third-order valence-electron chi connectivity index (χ3n) is 5.67. The molecule has 2 aliphatic heterocycles. The molecule has 0 radical (unpaired) electrons. The zero-order valence-electron chi connectivity index (χ0n) is 18.2. The van der Waals surface area contributed by atoms with Crippen LogP contribution in [-0.2, 0) is 14.9 Å². The van der Waals surface area contributed by atoms with Gasteiger partial charge in [-0.15, -0.1) is 0 Å². The van der Waals surface area contributed by atoms with E-state index in [9.17, 15) is 30.4 Å². The van der Waals surface area contributed by atoms with Crippen LogP contribution in [0.1, 0.15) is 30.7 Å². The lowest BCUT2D eigenvalue weighted by molar-refractivity contribution is -0.00127. The van der Waals surface area contributed by atoms with E-state index in [0.717, 1.165) is 0 Å². The Balaban J connectivity index is 1.58. The number of hydrogen-bond donors (Lipinski definition) is 1. The maximum Gasteiger partial charge on any atom is 0.282 e. The predicted octanol–water partition coefficient (Wildman–Crippen LogP) is 3.51. The average molecular weight is 504 g/mol. The summed E-state index contributed by atoms with van der Waals surface area (Å²) in [6, 6.07) is 0.912. The minimum absolute atomic E-state index is 0.0248. The molecule has 0 bridgehead atoms. The summed E-state index contributed by atoms with van der Waals surface area (Å²) >= 11 is 0.